The maximum Gasteiger partial charge on any atom is 0.256 e. The van der Waals surface area contributed by atoms with Gasteiger partial charge in [0.05, 0.1) is 5.69 Å². The first-order valence-corrected chi connectivity index (χ1v) is 9.40. The minimum Gasteiger partial charge on any atom is -0.321 e. The van der Waals surface area contributed by atoms with E-state index in [4.69, 9.17) is 0 Å². The Labute approximate surface area is 165 Å². The van der Waals surface area contributed by atoms with Crippen molar-refractivity contribution in [2.45, 2.75) is 0 Å². The van der Waals surface area contributed by atoms with Crippen molar-refractivity contribution in [3.63, 3.8) is 0 Å². The van der Waals surface area contributed by atoms with Crippen molar-refractivity contribution < 1.29 is 4.79 Å². The van der Waals surface area contributed by atoms with Gasteiger partial charge in [-0.05, 0) is 17.0 Å². The number of nitrogens with zero attached hydrogens (tertiary/aromatic N) is 1. The van der Waals surface area contributed by atoms with Gasteiger partial charge >= 0.3 is 0 Å². The number of H-pyrrole nitrogens is 1. The molecule has 0 bridgehead atoms. The van der Waals surface area contributed by atoms with Gasteiger partial charge in [-0.2, -0.15) is 0 Å². The van der Waals surface area contributed by atoms with E-state index in [0.717, 1.165) is 27.5 Å². The number of nitrogens with one attached hydrogen (secondary N) is 1. The number of pyridine rings is 2. The van der Waals surface area contributed by atoms with Crippen LogP contribution in [0.15, 0.2) is 83.9 Å². The van der Waals surface area contributed by atoms with Crippen molar-refractivity contribution in [3.05, 3.63) is 101 Å². The number of ketones is 1. The van der Waals surface area contributed by atoms with Crippen LogP contribution in [0.1, 0.15) is 15.9 Å². The molecule has 4 nitrogen and oxygen atoms in total. The molecular weight excluding hydrogens is 360 g/mol. The summed E-state index contributed by atoms with van der Waals surface area (Å²) in [6.07, 6.45) is 3.59. The summed E-state index contributed by atoms with van der Waals surface area (Å²) in [6, 6.07) is 20.9. The van der Waals surface area contributed by atoms with Crippen LogP contribution in [0, 0.1) is 0 Å². The molecule has 1 aliphatic carbocycles. The van der Waals surface area contributed by atoms with E-state index in [0.29, 0.717) is 27.6 Å². The lowest BCUT2D eigenvalue weighted by Gasteiger charge is -2.22. The topological polar surface area (TPSA) is 62.8 Å². The van der Waals surface area contributed by atoms with E-state index in [1.54, 1.807) is 24.4 Å². The quantitative estimate of drug-likeness (QED) is 0.443. The van der Waals surface area contributed by atoms with Crippen LogP contribution in [0.5, 0.6) is 0 Å². The SMILES string of the molecule is O=C1c2ccccc2-c2c(-c3cncc4ccccc34)[nH]c(=O)c3cccc1c23. The molecule has 0 aliphatic heterocycles. The van der Waals surface area contributed by atoms with Crippen LogP contribution in [0.4, 0.5) is 0 Å². The molecule has 2 aromatic heterocycles. The maximum atomic E-state index is 13.1. The predicted molar refractivity (Wildman–Crippen MR) is 114 cm³/mol. The van der Waals surface area contributed by atoms with E-state index in [1.807, 2.05) is 54.7 Å². The van der Waals surface area contributed by atoms with Gasteiger partial charge in [0.15, 0.2) is 5.78 Å². The van der Waals surface area contributed by atoms with Crippen LogP contribution in [0.25, 0.3) is 43.9 Å². The van der Waals surface area contributed by atoms with Crippen molar-refractivity contribution in [2.24, 2.45) is 0 Å². The zero-order chi connectivity index (χ0) is 19.5. The van der Waals surface area contributed by atoms with Crippen LogP contribution < -0.4 is 5.56 Å². The van der Waals surface area contributed by atoms with Crippen LogP contribution in [-0.2, 0) is 0 Å². The Morgan fingerprint density at radius 1 is 0.655 bits per heavy atom. The molecule has 2 heterocycles. The van der Waals surface area contributed by atoms with Crippen LogP contribution >= 0.6 is 0 Å². The second kappa shape index (κ2) is 5.72. The summed E-state index contributed by atoms with van der Waals surface area (Å²) in [5.41, 5.74) is 4.26. The van der Waals surface area contributed by atoms with Gasteiger partial charge in [-0.1, -0.05) is 60.7 Å². The zero-order valence-corrected chi connectivity index (χ0v) is 15.3. The lowest BCUT2D eigenvalue weighted by Crippen LogP contribution is -2.16. The summed E-state index contributed by atoms with van der Waals surface area (Å²) in [5.74, 6) is -0.0497. The standard InChI is InChI=1S/C25H14N2O2/c28-24-17-9-4-3-8-16(17)22-21-18(24)10-5-11-19(21)25(29)27-23(22)20-13-26-12-14-6-1-2-7-15(14)20/h1-13H,(H,27,29). The van der Waals surface area contributed by atoms with Crippen molar-refractivity contribution >= 4 is 27.3 Å². The Morgan fingerprint density at radius 3 is 2.28 bits per heavy atom. The molecule has 0 spiro atoms. The molecule has 0 unspecified atom stereocenters. The van der Waals surface area contributed by atoms with Crippen LogP contribution in [0.3, 0.4) is 0 Å². The number of rotatable bonds is 1. The first kappa shape index (κ1) is 16.0. The first-order chi connectivity index (χ1) is 14.2. The lowest BCUT2D eigenvalue weighted by atomic mass is 9.81. The molecule has 0 atom stereocenters. The Bertz CT molecular complexity index is 1540. The van der Waals surface area contributed by atoms with Gasteiger partial charge in [0.1, 0.15) is 0 Å². The number of aromatic amines is 1. The molecule has 1 N–H and O–H groups in total. The minimum atomic E-state index is -0.208. The zero-order valence-electron chi connectivity index (χ0n) is 15.3. The largest absolute Gasteiger partial charge is 0.321 e. The normalized spacial score (nSPS) is 12.3. The number of hydrogen-bond acceptors (Lipinski definition) is 3. The fourth-order valence-electron chi connectivity index (χ4n) is 4.40. The fourth-order valence-corrected chi connectivity index (χ4v) is 4.40. The van der Waals surface area contributed by atoms with Gasteiger partial charge in [-0.15, -0.1) is 0 Å². The molecule has 4 heteroatoms. The Balaban J connectivity index is 1.87. The molecule has 0 saturated carbocycles. The highest BCUT2D eigenvalue weighted by molar-refractivity contribution is 6.27. The average molecular weight is 374 g/mol. The Kier molecular flexibility index (Phi) is 3.15. The molecule has 3 aromatic carbocycles. The van der Waals surface area contributed by atoms with Crippen molar-refractivity contribution in [2.75, 3.05) is 0 Å². The van der Waals surface area contributed by atoms with Gasteiger partial charge in [-0.25, -0.2) is 0 Å². The molecular formula is C25H14N2O2. The Morgan fingerprint density at radius 2 is 1.38 bits per heavy atom. The summed E-state index contributed by atoms with van der Waals surface area (Å²) in [4.78, 5) is 33.6. The van der Waals surface area contributed by atoms with Crippen LogP contribution in [0.2, 0.25) is 0 Å². The molecule has 5 aromatic rings. The van der Waals surface area contributed by atoms with Gasteiger partial charge < -0.3 is 4.98 Å². The predicted octanol–water partition coefficient (Wildman–Crippen LogP) is 4.95. The molecule has 0 radical (unpaired) electrons. The molecule has 0 saturated heterocycles. The highest BCUT2D eigenvalue weighted by Crippen LogP contribution is 2.43. The molecule has 29 heavy (non-hydrogen) atoms. The third-order valence-corrected chi connectivity index (χ3v) is 5.67. The molecule has 0 fully saturated rings. The van der Waals surface area contributed by atoms with Gasteiger partial charge in [0.25, 0.3) is 5.56 Å². The number of aromatic nitrogens is 2. The number of fused-ring (bicyclic) bond motifs is 3. The molecule has 0 amide bonds. The molecule has 1 aliphatic rings. The summed E-state index contributed by atoms with van der Waals surface area (Å²) >= 11 is 0. The third-order valence-electron chi connectivity index (χ3n) is 5.67. The molecule has 6 rings (SSSR count). The van der Waals surface area contributed by atoms with Gasteiger partial charge in [0, 0.05) is 50.8 Å². The summed E-state index contributed by atoms with van der Waals surface area (Å²) in [7, 11) is 0. The van der Waals surface area contributed by atoms with Crippen molar-refractivity contribution in [1.29, 1.82) is 0 Å². The number of carbonyl (C=O) groups excluding carboxylic acids is 1. The summed E-state index contributed by atoms with van der Waals surface area (Å²) < 4.78 is 0. The van der Waals surface area contributed by atoms with Crippen molar-refractivity contribution in [1.82, 2.24) is 9.97 Å². The van der Waals surface area contributed by atoms with Crippen LogP contribution in [-0.4, -0.2) is 15.8 Å². The Hall–Kier alpha value is -4.05. The first-order valence-electron chi connectivity index (χ1n) is 9.40. The third kappa shape index (κ3) is 2.11. The average Bonchev–Trinajstić information content (AvgIpc) is 2.77. The van der Waals surface area contributed by atoms with Crippen molar-refractivity contribution in [3.8, 4) is 22.4 Å². The van der Waals surface area contributed by atoms with Gasteiger partial charge in [-0.3, -0.25) is 14.6 Å². The van der Waals surface area contributed by atoms with E-state index in [-0.39, 0.29) is 11.3 Å². The number of hydrogen-bond donors (Lipinski definition) is 1. The van der Waals surface area contributed by atoms with E-state index in [2.05, 4.69) is 9.97 Å². The van der Waals surface area contributed by atoms with E-state index < -0.39 is 0 Å². The number of benzene rings is 3. The minimum absolute atomic E-state index is 0.0497. The van der Waals surface area contributed by atoms with E-state index >= 15 is 0 Å². The second-order valence-electron chi connectivity index (χ2n) is 7.22. The lowest BCUT2D eigenvalue weighted by molar-refractivity contribution is 0.104. The molecule has 136 valence electrons. The fraction of sp³-hybridized carbons (Fsp3) is 0. The summed E-state index contributed by atoms with van der Waals surface area (Å²) in [6.45, 7) is 0. The van der Waals surface area contributed by atoms with E-state index in [9.17, 15) is 9.59 Å². The smallest absolute Gasteiger partial charge is 0.256 e. The van der Waals surface area contributed by atoms with E-state index in [1.165, 1.54) is 0 Å². The maximum absolute atomic E-state index is 13.1. The highest BCUT2D eigenvalue weighted by Gasteiger charge is 2.29. The monoisotopic (exact) mass is 374 g/mol. The number of carbonyl (C=O) groups is 1. The second-order valence-corrected chi connectivity index (χ2v) is 7.22. The van der Waals surface area contributed by atoms with Gasteiger partial charge in [0.2, 0.25) is 0 Å². The highest BCUT2D eigenvalue weighted by atomic mass is 16.1. The summed E-state index contributed by atoms with van der Waals surface area (Å²) in [5, 5.41) is 3.23.